The van der Waals surface area contributed by atoms with Crippen LogP contribution in [0.4, 0.5) is 0 Å². The number of benzene rings is 2. The molecule has 0 fully saturated rings. The predicted molar refractivity (Wildman–Crippen MR) is 82.6 cm³/mol. The van der Waals surface area contributed by atoms with E-state index in [9.17, 15) is 4.79 Å². The quantitative estimate of drug-likeness (QED) is 0.899. The van der Waals surface area contributed by atoms with Crippen LogP contribution >= 0.6 is 0 Å². The zero-order valence-electron chi connectivity index (χ0n) is 12.0. The van der Waals surface area contributed by atoms with E-state index in [1.165, 1.54) is 5.56 Å². The van der Waals surface area contributed by atoms with Gasteiger partial charge < -0.3 is 5.73 Å². The van der Waals surface area contributed by atoms with Gasteiger partial charge in [0.15, 0.2) is 5.78 Å². The molecule has 0 spiro atoms. The first-order valence-electron chi connectivity index (χ1n) is 7.00. The molecule has 0 radical (unpaired) electrons. The third kappa shape index (κ3) is 3.55. The molecule has 0 saturated heterocycles. The van der Waals surface area contributed by atoms with E-state index in [1.807, 2.05) is 42.5 Å². The number of carbonyl (C=O) groups is 1. The Kier molecular flexibility index (Phi) is 4.70. The van der Waals surface area contributed by atoms with Crippen molar-refractivity contribution in [3.8, 4) is 0 Å². The lowest BCUT2D eigenvalue weighted by Gasteiger charge is -2.11. The number of nitrogens with two attached hydrogens (primary N) is 1. The highest BCUT2D eigenvalue weighted by Crippen LogP contribution is 2.17. The van der Waals surface area contributed by atoms with Crippen LogP contribution in [0.25, 0.3) is 0 Å². The lowest BCUT2D eigenvalue weighted by molar-refractivity contribution is -0.119. The van der Waals surface area contributed by atoms with E-state index < -0.39 is 6.04 Å². The van der Waals surface area contributed by atoms with E-state index in [0.717, 1.165) is 11.1 Å². The topological polar surface area (TPSA) is 43.1 Å². The predicted octanol–water partition coefficient (Wildman–Crippen LogP) is 3.62. The van der Waals surface area contributed by atoms with Crippen molar-refractivity contribution in [3.05, 3.63) is 71.3 Å². The minimum Gasteiger partial charge on any atom is -0.318 e. The zero-order valence-corrected chi connectivity index (χ0v) is 12.0. The SMILES string of the molecule is CC(C)c1ccc(CC(=O)[C@H](N)c2ccccc2)cc1. The number of rotatable bonds is 5. The second-order valence-electron chi connectivity index (χ2n) is 5.43. The van der Waals surface area contributed by atoms with Crippen LogP contribution in [0.3, 0.4) is 0 Å². The maximum Gasteiger partial charge on any atom is 0.158 e. The molecular weight excluding hydrogens is 246 g/mol. The summed E-state index contributed by atoms with van der Waals surface area (Å²) in [5.41, 5.74) is 9.19. The van der Waals surface area contributed by atoms with Crippen LogP contribution < -0.4 is 5.73 Å². The van der Waals surface area contributed by atoms with Gasteiger partial charge in [0.1, 0.15) is 0 Å². The average molecular weight is 267 g/mol. The Morgan fingerprint density at radius 3 is 2.10 bits per heavy atom. The van der Waals surface area contributed by atoms with Crippen molar-refractivity contribution >= 4 is 5.78 Å². The largest absolute Gasteiger partial charge is 0.318 e. The Morgan fingerprint density at radius 1 is 0.950 bits per heavy atom. The molecule has 0 heterocycles. The fourth-order valence-corrected chi connectivity index (χ4v) is 2.18. The molecule has 2 heteroatoms. The van der Waals surface area contributed by atoms with Gasteiger partial charge in [-0.15, -0.1) is 0 Å². The van der Waals surface area contributed by atoms with Crippen LogP contribution in [-0.2, 0) is 11.2 Å². The van der Waals surface area contributed by atoms with Gasteiger partial charge in [-0.05, 0) is 22.6 Å². The first-order chi connectivity index (χ1) is 9.58. The van der Waals surface area contributed by atoms with Crippen LogP contribution in [0.15, 0.2) is 54.6 Å². The van der Waals surface area contributed by atoms with Gasteiger partial charge in [0.2, 0.25) is 0 Å². The van der Waals surface area contributed by atoms with Crippen molar-refractivity contribution in [2.24, 2.45) is 5.73 Å². The molecule has 0 amide bonds. The van der Waals surface area contributed by atoms with E-state index in [4.69, 9.17) is 5.73 Å². The standard InChI is InChI=1S/C18H21NO/c1-13(2)15-10-8-14(9-11-15)12-17(20)18(19)16-6-4-3-5-7-16/h3-11,13,18H,12,19H2,1-2H3/t18-/m1/s1. The highest BCUT2D eigenvalue weighted by molar-refractivity contribution is 5.87. The molecule has 1 atom stereocenters. The normalized spacial score (nSPS) is 12.4. The van der Waals surface area contributed by atoms with Crippen LogP contribution in [0.5, 0.6) is 0 Å². The highest BCUT2D eigenvalue weighted by Gasteiger charge is 2.15. The lowest BCUT2D eigenvalue weighted by atomic mass is 9.96. The maximum absolute atomic E-state index is 12.2. The Labute approximate surface area is 120 Å². The van der Waals surface area contributed by atoms with E-state index in [1.54, 1.807) is 0 Å². The third-order valence-electron chi connectivity index (χ3n) is 3.53. The minimum absolute atomic E-state index is 0.0495. The van der Waals surface area contributed by atoms with Gasteiger partial charge in [-0.3, -0.25) is 4.79 Å². The van der Waals surface area contributed by atoms with Crippen molar-refractivity contribution in [2.75, 3.05) is 0 Å². The summed E-state index contributed by atoms with van der Waals surface area (Å²) in [6.07, 6.45) is 0.383. The summed E-state index contributed by atoms with van der Waals surface area (Å²) in [5.74, 6) is 0.555. The summed E-state index contributed by atoms with van der Waals surface area (Å²) in [7, 11) is 0. The van der Waals surface area contributed by atoms with Gasteiger partial charge in [-0.25, -0.2) is 0 Å². The molecule has 2 nitrogen and oxygen atoms in total. The summed E-state index contributed by atoms with van der Waals surface area (Å²) < 4.78 is 0. The Morgan fingerprint density at radius 2 is 1.55 bits per heavy atom. The summed E-state index contributed by atoms with van der Waals surface area (Å²) >= 11 is 0. The summed E-state index contributed by atoms with van der Waals surface area (Å²) in [5, 5.41) is 0. The average Bonchev–Trinajstić information content (AvgIpc) is 2.48. The molecule has 20 heavy (non-hydrogen) atoms. The number of hydrogen-bond donors (Lipinski definition) is 1. The van der Waals surface area contributed by atoms with Gasteiger partial charge in [0.05, 0.1) is 6.04 Å². The van der Waals surface area contributed by atoms with Crippen molar-refractivity contribution in [3.63, 3.8) is 0 Å². The van der Waals surface area contributed by atoms with Crippen LogP contribution in [0.2, 0.25) is 0 Å². The molecule has 2 N–H and O–H groups in total. The summed E-state index contributed by atoms with van der Waals surface area (Å²) in [4.78, 5) is 12.2. The Bertz CT molecular complexity index is 558. The molecular formula is C18H21NO. The van der Waals surface area contributed by atoms with Gasteiger partial charge >= 0.3 is 0 Å². The molecule has 0 unspecified atom stereocenters. The molecule has 0 aliphatic rings. The Hall–Kier alpha value is -1.93. The van der Waals surface area contributed by atoms with Crippen molar-refractivity contribution in [1.29, 1.82) is 0 Å². The second kappa shape index (κ2) is 6.49. The summed E-state index contributed by atoms with van der Waals surface area (Å²) in [6.45, 7) is 4.32. The molecule has 104 valence electrons. The van der Waals surface area contributed by atoms with Gasteiger partial charge in [-0.1, -0.05) is 68.4 Å². The van der Waals surface area contributed by atoms with E-state index in [2.05, 4.69) is 26.0 Å². The third-order valence-corrected chi connectivity index (χ3v) is 3.53. The smallest absolute Gasteiger partial charge is 0.158 e. The fourth-order valence-electron chi connectivity index (χ4n) is 2.18. The fraction of sp³-hybridized carbons (Fsp3) is 0.278. The minimum atomic E-state index is -0.541. The van der Waals surface area contributed by atoms with Crippen LogP contribution in [0, 0.1) is 0 Å². The molecule has 2 aromatic rings. The van der Waals surface area contributed by atoms with Crippen molar-refractivity contribution in [2.45, 2.75) is 32.2 Å². The molecule has 0 aliphatic carbocycles. The van der Waals surface area contributed by atoms with Crippen LogP contribution in [-0.4, -0.2) is 5.78 Å². The van der Waals surface area contributed by atoms with Gasteiger partial charge in [-0.2, -0.15) is 0 Å². The first kappa shape index (κ1) is 14.5. The zero-order chi connectivity index (χ0) is 14.5. The van der Waals surface area contributed by atoms with E-state index >= 15 is 0 Å². The lowest BCUT2D eigenvalue weighted by Crippen LogP contribution is -2.23. The number of Topliss-reactive ketones (excluding diaryl/α,β-unsaturated/α-hetero) is 1. The first-order valence-corrected chi connectivity index (χ1v) is 7.00. The maximum atomic E-state index is 12.2. The molecule has 0 saturated carbocycles. The molecule has 0 aliphatic heterocycles. The monoisotopic (exact) mass is 267 g/mol. The van der Waals surface area contributed by atoms with Crippen molar-refractivity contribution < 1.29 is 4.79 Å². The van der Waals surface area contributed by atoms with Crippen molar-refractivity contribution in [1.82, 2.24) is 0 Å². The number of carbonyl (C=O) groups excluding carboxylic acids is 1. The summed E-state index contributed by atoms with van der Waals surface area (Å²) in [6, 6.07) is 17.2. The second-order valence-corrected chi connectivity index (χ2v) is 5.43. The number of hydrogen-bond acceptors (Lipinski definition) is 2. The van der Waals surface area contributed by atoms with Gasteiger partial charge in [0.25, 0.3) is 0 Å². The van der Waals surface area contributed by atoms with E-state index in [0.29, 0.717) is 12.3 Å². The van der Waals surface area contributed by atoms with Crippen LogP contribution in [0.1, 0.15) is 42.5 Å². The molecule has 2 aromatic carbocycles. The highest BCUT2D eigenvalue weighted by atomic mass is 16.1. The van der Waals surface area contributed by atoms with Gasteiger partial charge in [0, 0.05) is 6.42 Å². The molecule has 2 rings (SSSR count). The number of ketones is 1. The molecule has 0 bridgehead atoms. The Balaban J connectivity index is 2.04. The van der Waals surface area contributed by atoms with E-state index in [-0.39, 0.29) is 5.78 Å². The molecule has 0 aromatic heterocycles.